The van der Waals surface area contributed by atoms with Crippen molar-refractivity contribution in [3.8, 4) is 11.5 Å². The predicted molar refractivity (Wildman–Crippen MR) is 104 cm³/mol. The van der Waals surface area contributed by atoms with E-state index in [0.717, 1.165) is 37.4 Å². The van der Waals surface area contributed by atoms with Crippen LogP contribution in [0.4, 0.5) is 10.5 Å². The molecule has 0 radical (unpaired) electrons. The summed E-state index contributed by atoms with van der Waals surface area (Å²) in [5, 5.41) is 3.72. The molecular weight excluding hydrogens is 354 g/mol. The number of rotatable bonds is 4. The number of ether oxygens (including phenoxy) is 2. The molecule has 0 bridgehead atoms. The highest BCUT2D eigenvalue weighted by Crippen LogP contribution is 2.38. The Bertz CT molecular complexity index is 627. The lowest BCUT2D eigenvalue weighted by atomic mass is 9.96. The molecule has 1 aliphatic heterocycles. The third-order valence-electron chi connectivity index (χ3n) is 5.29. The van der Waals surface area contributed by atoms with Crippen molar-refractivity contribution < 1.29 is 14.3 Å². The molecule has 0 spiro atoms. The SMILES string of the molecule is COc1cc(N2CCN(C(=O)NC3CCCCC3)CC2)c(OC)cc1Cl. The first-order valence-corrected chi connectivity index (χ1v) is 9.72. The van der Waals surface area contributed by atoms with Gasteiger partial charge in [0, 0.05) is 44.4 Å². The molecule has 3 rings (SSSR count). The molecule has 144 valence electrons. The van der Waals surface area contributed by atoms with Crippen molar-refractivity contribution >= 4 is 23.3 Å². The summed E-state index contributed by atoms with van der Waals surface area (Å²) >= 11 is 6.19. The maximum atomic E-state index is 12.5. The molecule has 2 aliphatic rings. The van der Waals surface area contributed by atoms with Gasteiger partial charge in [-0.1, -0.05) is 30.9 Å². The number of carbonyl (C=O) groups is 1. The Morgan fingerprint density at radius 3 is 2.31 bits per heavy atom. The summed E-state index contributed by atoms with van der Waals surface area (Å²) in [5.41, 5.74) is 0.945. The molecule has 1 aliphatic carbocycles. The second-order valence-electron chi connectivity index (χ2n) is 6.92. The van der Waals surface area contributed by atoms with Gasteiger partial charge in [-0.15, -0.1) is 0 Å². The van der Waals surface area contributed by atoms with Gasteiger partial charge in [0.1, 0.15) is 11.5 Å². The minimum atomic E-state index is 0.0669. The lowest BCUT2D eigenvalue weighted by Crippen LogP contribution is -2.53. The van der Waals surface area contributed by atoms with Gasteiger partial charge in [0.05, 0.1) is 24.9 Å². The van der Waals surface area contributed by atoms with Crippen LogP contribution in [-0.2, 0) is 0 Å². The number of hydrogen-bond acceptors (Lipinski definition) is 4. The number of halogens is 1. The van der Waals surface area contributed by atoms with Crippen LogP contribution in [0.3, 0.4) is 0 Å². The monoisotopic (exact) mass is 381 g/mol. The van der Waals surface area contributed by atoms with Gasteiger partial charge < -0.3 is 24.6 Å². The van der Waals surface area contributed by atoms with Gasteiger partial charge in [-0.2, -0.15) is 0 Å². The lowest BCUT2D eigenvalue weighted by molar-refractivity contribution is 0.186. The standard InChI is InChI=1S/C19H28ClN3O3/c1-25-17-13-16(18(26-2)12-15(17)20)22-8-10-23(11-9-22)19(24)21-14-6-4-3-5-7-14/h12-14H,3-11H2,1-2H3,(H,21,24). The Morgan fingerprint density at radius 1 is 1.04 bits per heavy atom. The fraction of sp³-hybridized carbons (Fsp3) is 0.632. The summed E-state index contributed by atoms with van der Waals surface area (Å²) in [7, 11) is 3.24. The summed E-state index contributed by atoms with van der Waals surface area (Å²) in [6, 6.07) is 4.09. The molecular formula is C19H28ClN3O3. The van der Waals surface area contributed by atoms with Gasteiger partial charge >= 0.3 is 6.03 Å². The number of anilines is 1. The highest BCUT2D eigenvalue weighted by Gasteiger charge is 2.25. The highest BCUT2D eigenvalue weighted by molar-refractivity contribution is 6.32. The smallest absolute Gasteiger partial charge is 0.317 e. The van der Waals surface area contributed by atoms with E-state index in [2.05, 4.69) is 10.2 Å². The Morgan fingerprint density at radius 2 is 1.69 bits per heavy atom. The van der Waals surface area contributed by atoms with Gasteiger partial charge in [0.2, 0.25) is 0 Å². The molecule has 26 heavy (non-hydrogen) atoms. The maximum absolute atomic E-state index is 12.5. The van der Waals surface area contributed by atoms with E-state index in [9.17, 15) is 4.79 Å². The van der Waals surface area contributed by atoms with Crippen LogP contribution in [0.25, 0.3) is 0 Å². The van der Waals surface area contributed by atoms with Crippen molar-refractivity contribution in [3.63, 3.8) is 0 Å². The van der Waals surface area contributed by atoms with E-state index in [0.29, 0.717) is 29.9 Å². The number of benzene rings is 1. The van der Waals surface area contributed by atoms with Crippen molar-refractivity contribution in [2.24, 2.45) is 0 Å². The fourth-order valence-corrected chi connectivity index (χ4v) is 3.99. The summed E-state index contributed by atoms with van der Waals surface area (Å²) in [6.45, 7) is 2.87. The van der Waals surface area contributed by atoms with Crippen LogP contribution < -0.4 is 19.7 Å². The zero-order valence-corrected chi connectivity index (χ0v) is 16.3. The molecule has 1 saturated carbocycles. The van der Waals surface area contributed by atoms with E-state index in [4.69, 9.17) is 21.1 Å². The number of nitrogens with zero attached hydrogens (tertiary/aromatic N) is 2. The van der Waals surface area contributed by atoms with Gasteiger partial charge in [-0.3, -0.25) is 0 Å². The number of piperazine rings is 1. The minimum Gasteiger partial charge on any atom is -0.495 e. The second-order valence-corrected chi connectivity index (χ2v) is 7.32. The van der Waals surface area contributed by atoms with Crippen LogP contribution in [0.5, 0.6) is 11.5 Å². The number of methoxy groups -OCH3 is 2. The van der Waals surface area contributed by atoms with Crippen molar-refractivity contribution in [3.05, 3.63) is 17.2 Å². The highest BCUT2D eigenvalue weighted by atomic mass is 35.5. The minimum absolute atomic E-state index is 0.0669. The van der Waals surface area contributed by atoms with Gasteiger partial charge in [-0.05, 0) is 12.8 Å². The molecule has 6 nitrogen and oxygen atoms in total. The van der Waals surface area contributed by atoms with Crippen molar-refractivity contribution in [2.75, 3.05) is 45.3 Å². The van der Waals surface area contributed by atoms with Crippen LogP contribution in [-0.4, -0.2) is 57.4 Å². The van der Waals surface area contributed by atoms with Crippen LogP contribution in [0.15, 0.2) is 12.1 Å². The van der Waals surface area contributed by atoms with Crippen molar-refractivity contribution in [1.82, 2.24) is 10.2 Å². The quantitative estimate of drug-likeness (QED) is 0.866. The first-order valence-electron chi connectivity index (χ1n) is 9.34. The van der Waals surface area contributed by atoms with Gasteiger partial charge in [-0.25, -0.2) is 4.79 Å². The van der Waals surface area contributed by atoms with E-state index in [1.54, 1.807) is 20.3 Å². The van der Waals surface area contributed by atoms with E-state index in [1.165, 1.54) is 19.3 Å². The first-order chi connectivity index (χ1) is 12.6. The zero-order chi connectivity index (χ0) is 18.5. The Balaban J connectivity index is 1.60. The topological polar surface area (TPSA) is 54.0 Å². The maximum Gasteiger partial charge on any atom is 0.317 e. The van der Waals surface area contributed by atoms with Gasteiger partial charge in [0.15, 0.2) is 0 Å². The average Bonchev–Trinajstić information content (AvgIpc) is 2.68. The number of nitrogens with one attached hydrogen (secondary N) is 1. The molecule has 0 unspecified atom stereocenters. The van der Waals surface area contributed by atoms with Crippen LogP contribution in [0.2, 0.25) is 5.02 Å². The fourth-order valence-electron chi connectivity index (χ4n) is 3.75. The van der Waals surface area contributed by atoms with Crippen LogP contribution >= 0.6 is 11.6 Å². The molecule has 0 atom stereocenters. The molecule has 1 aromatic rings. The summed E-state index contributed by atoms with van der Waals surface area (Å²) < 4.78 is 10.8. The molecule has 1 heterocycles. The molecule has 1 N–H and O–H groups in total. The lowest BCUT2D eigenvalue weighted by Gasteiger charge is -2.37. The summed E-state index contributed by atoms with van der Waals surface area (Å²) in [4.78, 5) is 16.6. The molecule has 1 aromatic carbocycles. The largest absolute Gasteiger partial charge is 0.495 e. The molecule has 7 heteroatoms. The number of hydrogen-bond donors (Lipinski definition) is 1. The Kier molecular flexibility index (Phi) is 6.35. The summed E-state index contributed by atoms with van der Waals surface area (Å²) in [6.07, 6.45) is 5.94. The third-order valence-corrected chi connectivity index (χ3v) is 5.59. The molecule has 1 saturated heterocycles. The number of carbonyl (C=O) groups excluding carboxylic acids is 1. The Labute approximate surface area is 160 Å². The predicted octanol–water partition coefficient (Wildman–Crippen LogP) is 3.52. The van der Waals surface area contributed by atoms with Crippen molar-refractivity contribution in [2.45, 2.75) is 38.1 Å². The van der Waals surface area contributed by atoms with Crippen molar-refractivity contribution in [1.29, 1.82) is 0 Å². The Hall–Kier alpha value is -1.82. The van der Waals surface area contributed by atoms with E-state index in [-0.39, 0.29) is 6.03 Å². The summed E-state index contributed by atoms with van der Waals surface area (Å²) in [5.74, 6) is 1.34. The number of urea groups is 1. The second kappa shape index (κ2) is 8.71. The normalized spacial score (nSPS) is 18.6. The van der Waals surface area contributed by atoms with Crippen LogP contribution in [0.1, 0.15) is 32.1 Å². The van der Waals surface area contributed by atoms with Gasteiger partial charge in [0.25, 0.3) is 0 Å². The van der Waals surface area contributed by atoms with Crippen LogP contribution in [0, 0.1) is 0 Å². The van der Waals surface area contributed by atoms with E-state index >= 15 is 0 Å². The van der Waals surface area contributed by atoms with E-state index < -0.39 is 0 Å². The molecule has 2 amide bonds. The third kappa shape index (κ3) is 4.29. The average molecular weight is 382 g/mol. The van der Waals surface area contributed by atoms with E-state index in [1.807, 2.05) is 11.0 Å². The molecule has 2 fully saturated rings. The first kappa shape index (κ1) is 19.0. The zero-order valence-electron chi connectivity index (χ0n) is 15.6. The molecule has 0 aromatic heterocycles. The number of amides is 2.